The van der Waals surface area contributed by atoms with E-state index in [0.29, 0.717) is 12.3 Å². The topological polar surface area (TPSA) is 105 Å². The number of carboxylic acids is 1. The first-order valence-corrected chi connectivity index (χ1v) is 31.7. The zero-order chi connectivity index (χ0) is 47.2. The zero-order valence-corrected chi connectivity index (χ0v) is 45.6. The molecule has 0 fully saturated rings. The Kier molecular flexibility index (Phi) is 24.1. The molecule has 0 aromatic carbocycles. The molecule has 10 heteroatoms. The van der Waals surface area contributed by atoms with Crippen LogP contribution in [0.4, 0.5) is 0 Å². The number of aliphatic hydroxyl groups excluding tert-OH is 2. The molecule has 11 atom stereocenters. The minimum Gasteiger partial charge on any atom is -0.478 e. The predicted molar refractivity (Wildman–Crippen MR) is 266 cm³/mol. The summed E-state index contributed by atoms with van der Waals surface area (Å²) >= 11 is 0. The van der Waals surface area contributed by atoms with Crippen LogP contribution in [0.5, 0.6) is 0 Å². The van der Waals surface area contributed by atoms with Crippen molar-refractivity contribution in [3.05, 3.63) is 61.3 Å². The lowest BCUT2D eigenvalue weighted by Gasteiger charge is -2.43. The molecular weight excluding hydrogens is 797 g/mol. The van der Waals surface area contributed by atoms with Gasteiger partial charge in [0.25, 0.3) is 0 Å². The number of hydrogen-bond donors (Lipinski definition) is 3. The Bertz CT molecular complexity index is 1400. The molecule has 350 valence electrons. The van der Waals surface area contributed by atoms with Gasteiger partial charge in [-0.2, -0.15) is 0 Å². The lowest BCUT2D eigenvalue weighted by atomic mass is 9.82. The average molecular weight is 894 g/mol. The van der Waals surface area contributed by atoms with Gasteiger partial charge in [-0.3, -0.25) is 0 Å². The Hall–Kier alpha value is -1.38. The van der Waals surface area contributed by atoms with Crippen LogP contribution in [0.15, 0.2) is 61.3 Å². The number of carbonyl (C=O) groups is 1. The van der Waals surface area contributed by atoms with Gasteiger partial charge in [0.2, 0.25) is 0 Å². The van der Waals surface area contributed by atoms with E-state index in [0.717, 1.165) is 25.3 Å². The van der Waals surface area contributed by atoms with Gasteiger partial charge < -0.3 is 28.6 Å². The van der Waals surface area contributed by atoms with Gasteiger partial charge in [0.05, 0.1) is 30.5 Å². The minimum atomic E-state index is -2.21. The maximum absolute atomic E-state index is 11.8. The molecule has 0 spiro atoms. The minimum absolute atomic E-state index is 0.00320. The molecule has 0 aromatic heterocycles. The van der Waals surface area contributed by atoms with Crippen LogP contribution in [-0.2, 0) is 18.1 Å². The van der Waals surface area contributed by atoms with Crippen molar-refractivity contribution in [1.82, 2.24) is 0 Å². The number of aliphatic hydroxyl groups is 2. The van der Waals surface area contributed by atoms with Crippen LogP contribution in [0.1, 0.15) is 130 Å². The third-order valence-corrected chi connectivity index (χ3v) is 27.8. The van der Waals surface area contributed by atoms with Crippen LogP contribution >= 0.6 is 0 Å². The second-order valence-corrected chi connectivity index (χ2v) is 37.2. The van der Waals surface area contributed by atoms with E-state index in [1.807, 2.05) is 18.2 Å². The molecule has 7 nitrogen and oxygen atoms in total. The van der Waals surface area contributed by atoms with Crippen LogP contribution in [0, 0.1) is 35.5 Å². The Morgan fingerprint density at radius 3 is 1.50 bits per heavy atom. The van der Waals surface area contributed by atoms with Gasteiger partial charge >= 0.3 is 5.97 Å². The first-order valence-electron chi connectivity index (χ1n) is 23.0. The number of aliphatic carboxylic acids is 1. The highest BCUT2D eigenvalue weighted by molar-refractivity contribution is 6.75. The van der Waals surface area contributed by atoms with Crippen molar-refractivity contribution < 1.29 is 33.4 Å². The van der Waals surface area contributed by atoms with E-state index in [4.69, 9.17) is 18.4 Å². The van der Waals surface area contributed by atoms with Gasteiger partial charge in [-0.1, -0.05) is 159 Å². The molecule has 0 aliphatic carbocycles. The van der Waals surface area contributed by atoms with Crippen LogP contribution in [0.3, 0.4) is 0 Å². The van der Waals surface area contributed by atoms with E-state index in [1.54, 1.807) is 18.2 Å². The molecule has 0 saturated carbocycles. The maximum Gasteiger partial charge on any atom is 0.328 e. The van der Waals surface area contributed by atoms with Crippen molar-refractivity contribution in [2.24, 2.45) is 35.5 Å². The lowest BCUT2D eigenvalue weighted by molar-refractivity contribution is -0.131. The first kappa shape index (κ1) is 58.6. The Morgan fingerprint density at radius 2 is 1.03 bits per heavy atom. The zero-order valence-electron chi connectivity index (χ0n) is 42.6. The quantitative estimate of drug-likeness (QED) is 0.0344. The molecule has 3 N–H and O–H groups in total. The van der Waals surface area contributed by atoms with E-state index < -0.39 is 43.1 Å². The fourth-order valence-corrected chi connectivity index (χ4v) is 10.8. The fourth-order valence-electron chi connectivity index (χ4n) is 6.70. The molecule has 0 unspecified atom stereocenters. The summed E-state index contributed by atoms with van der Waals surface area (Å²) in [5, 5.41) is 32.4. The molecular formula is C50H96O7Si3. The standard InChI is InChI=1S/C50H96O7Si3/c1-23-24-27-38(4)47(54)41(7)43(56-59(19,20)49(11,12)13)33-30-36(2)34-40(6)46(53)39(5)31-32-42(55-58(17,18)48(8,9)10)35-44(57-60(21,22)50(14,15)16)37(3)28-25-26-29-45(51)52/h23-29,31-32,36-44,46-47,53-54H,1,30,33-35H2,2-22H3,(H,51,52)/b27-24-,28-25+,29-26-,32-31-/t36-,37+,38+,39+,40+,41+,42-,43-,44+,46+,47+/m1/s1. The van der Waals surface area contributed by atoms with Crippen molar-refractivity contribution in [2.75, 3.05) is 0 Å². The number of rotatable bonds is 26. The summed E-state index contributed by atoms with van der Waals surface area (Å²) in [6, 6.07) is 0. The Morgan fingerprint density at radius 1 is 0.583 bits per heavy atom. The van der Waals surface area contributed by atoms with Crippen molar-refractivity contribution >= 4 is 30.9 Å². The molecule has 0 aromatic rings. The van der Waals surface area contributed by atoms with Gasteiger partial charge in [-0.15, -0.1) is 0 Å². The van der Waals surface area contributed by atoms with Gasteiger partial charge in [0, 0.05) is 30.3 Å². The molecule has 0 heterocycles. The summed E-state index contributed by atoms with van der Waals surface area (Å²) in [5.41, 5.74) is 0. The molecule has 0 bridgehead atoms. The highest BCUT2D eigenvalue weighted by Crippen LogP contribution is 2.42. The van der Waals surface area contributed by atoms with E-state index in [-0.39, 0.29) is 63.0 Å². The fraction of sp³-hybridized carbons (Fsp3) is 0.780. The third kappa shape index (κ3) is 20.0. The second kappa shape index (κ2) is 24.6. The van der Waals surface area contributed by atoms with Gasteiger partial charge in [-0.05, 0) is 91.4 Å². The van der Waals surface area contributed by atoms with Crippen LogP contribution in [-0.4, -0.2) is 76.8 Å². The van der Waals surface area contributed by atoms with Crippen LogP contribution < -0.4 is 0 Å². The van der Waals surface area contributed by atoms with Gasteiger partial charge in [-0.25, -0.2) is 4.79 Å². The lowest BCUT2D eigenvalue weighted by Crippen LogP contribution is -2.48. The number of allylic oxidation sites excluding steroid dienone is 4. The molecule has 0 amide bonds. The maximum atomic E-state index is 11.8. The van der Waals surface area contributed by atoms with E-state index >= 15 is 0 Å². The van der Waals surface area contributed by atoms with Crippen molar-refractivity contribution in [2.45, 2.75) is 214 Å². The van der Waals surface area contributed by atoms with E-state index in [1.165, 1.54) is 0 Å². The third-order valence-electron chi connectivity index (χ3n) is 14.3. The summed E-state index contributed by atoms with van der Waals surface area (Å²) < 4.78 is 21.3. The molecule has 0 radical (unpaired) electrons. The van der Waals surface area contributed by atoms with Crippen LogP contribution in [0.25, 0.3) is 0 Å². The number of carboxylic acid groups (broad SMARTS) is 1. The van der Waals surface area contributed by atoms with E-state index in [9.17, 15) is 15.0 Å². The number of hydrogen-bond acceptors (Lipinski definition) is 6. The predicted octanol–water partition coefficient (Wildman–Crippen LogP) is 13.8. The van der Waals surface area contributed by atoms with Crippen molar-refractivity contribution in [1.29, 1.82) is 0 Å². The summed E-state index contributed by atoms with van der Waals surface area (Å²) in [4.78, 5) is 11.1. The average Bonchev–Trinajstić information content (AvgIpc) is 3.09. The molecule has 60 heavy (non-hydrogen) atoms. The summed E-state index contributed by atoms with van der Waals surface area (Å²) in [7, 11) is -6.49. The van der Waals surface area contributed by atoms with Crippen LogP contribution in [0.2, 0.25) is 54.4 Å². The van der Waals surface area contributed by atoms with E-state index in [2.05, 4.69) is 162 Å². The summed E-state index contributed by atoms with van der Waals surface area (Å²) in [6.07, 6.45) is 18.4. The monoisotopic (exact) mass is 893 g/mol. The smallest absolute Gasteiger partial charge is 0.328 e. The highest BCUT2D eigenvalue weighted by atomic mass is 28.4. The largest absolute Gasteiger partial charge is 0.478 e. The van der Waals surface area contributed by atoms with Gasteiger partial charge in [0.1, 0.15) is 0 Å². The highest BCUT2D eigenvalue weighted by Gasteiger charge is 2.44. The van der Waals surface area contributed by atoms with Crippen molar-refractivity contribution in [3.63, 3.8) is 0 Å². The molecule has 0 rings (SSSR count). The molecule has 0 aliphatic rings. The van der Waals surface area contributed by atoms with Crippen molar-refractivity contribution in [3.8, 4) is 0 Å². The second-order valence-electron chi connectivity index (χ2n) is 22.9. The molecule has 0 saturated heterocycles. The summed E-state index contributed by atoms with van der Waals surface area (Å²) in [5.74, 6) is -0.667. The summed E-state index contributed by atoms with van der Waals surface area (Å²) in [6.45, 7) is 50.7. The SMILES string of the molecule is C=C/C=C\[C@H](C)[C@H](O)[C@@H](C)[C@@H](CC[C@@H](C)C[C@H](C)[C@@H](O)[C@@H](C)/C=C\[C@H](C[C@H](O[Si](C)(C)C(C)(C)C)[C@@H](C)/C=C/C=C\C(=O)O)O[Si](C)(C)C(C)(C)C)O[Si](C)(C)C(C)(C)C. The van der Waals surface area contributed by atoms with Gasteiger partial charge in [0.15, 0.2) is 25.0 Å². The first-order chi connectivity index (χ1) is 27.0. The molecule has 0 aliphatic heterocycles. The normalized spacial score (nSPS) is 19.9. The Balaban J connectivity index is 6.40. The Labute approximate surface area is 374 Å².